The Morgan fingerprint density at radius 2 is 1.80 bits per heavy atom. The van der Waals surface area contributed by atoms with Crippen molar-refractivity contribution in [2.45, 2.75) is 51.6 Å². The lowest BCUT2D eigenvalue weighted by atomic mass is 10.0. The van der Waals surface area contributed by atoms with Crippen molar-refractivity contribution in [1.29, 1.82) is 0 Å². The van der Waals surface area contributed by atoms with Crippen LogP contribution in [0.25, 0.3) is 0 Å². The molecule has 0 spiro atoms. The predicted molar refractivity (Wildman–Crippen MR) is 62.1 cm³/mol. The molecule has 0 aliphatic carbocycles. The maximum absolute atomic E-state index is 12.0. The molecule has 0 bridgehead atoms. The number of hydrogen-bond acceptors (Lipinski definition) is 3. The van der Waals surface area contributed by atoms with Crippen LogP contribution in [0.1, 0.15) is 39.5 Å². The molecule has 0 aromatic rings. The first-order chi connectivity index (χ1) is 6.99. The zero-order chi connectivity index (χ0) is 11.5. The Bertz CT molecular complexity index is 280. The maximum atomic E-state index is 12.0. The fraction of sp³-hybridized carbons (Fsp3) is 1.00. The lowest BCUT2D eigenvalue weighted by Gasteiger charge is -2.37. The average Bonchev–Trinajstić information content (AvgIpc) is 2.14. The third-order valence-corrected chi connectivity index (χ3v) is 5.21. The number of nitrogens with two attached hydrogens (primary N) is 1. The van der Waals surface area contributed by atoms with Crippen LogP contribution >= 0.6 is 0 Å². The van der Waals surface area contributed by atoms with E-state index in [1.54, 1.807) is 4.31 Å². The minimum absolute atomic E-state index is 0.150. The van der Waals surface area contributed by atoms with Gasteiger partial charge in [-0.15, -0.1) is 0 Å². The van der Waals surface area contributed by atoms with E-state index >= 15 is 0 Å². The van der Waals surface area contributed by atoms with Gasteiger partial charge in [-0.1, -0.05) is 6.42 Å². The molecule has 5 heteroatoms. The van der Waals surface area contributed by atoms with Gasteiger partial charge in [0.25, 0.3) is 0 Å². The van der Waals surface area contributed by atoms with Gasteiger partial charge in [0.1, 0.15) is 0 Å². The molecular weight excluding hydrogens is 212 g/mol. The van der Waals surface area contributed by atoms with Gasteiger partial charge in [-0.05, 0) is 39.7 Å². The minimum atomic E-state index is -3.09. The van der Waals surface area contributed by atoms with E-state index in [4.69, 9.17) is 5.73 Å². The second-order valence-electron chi connectivity index (χ2n) is 4.42. The monoisotopic (exact) mass is 234 g/mol. The average molecular weight is 234 g/mol. The predicted octanol–water partition coefficient (Wildman–Crippen LogP) is 0.928. The summed E-state index contributed by atoms with van der Waals surface area (Å²) in [6.45, 7) is 4.43. The van der Waals surface area contributed by atoms with Gasteiger partial charge in [0, 0.05) is 12.1 Å². The Balaban J connectivity index is 2.74. The van der Waals surface area contributed by atoms with Crippen LogP contribution in [0.3, 0.4) is 0 Å². The summed E-state index contributed by atoms with van der Waals surface area (Å²) in [5, 5.41) is 0. The van der Waals surface area contributed by atoms with Gasteiger partial charge in [0.15, 0.2) is 0 Å². The van der Waals surface area contributed by atoms with Gasteiger partial charge in [-0.25, -0.2) is 8.42 Å². The summed E-state index contributed by atoms with van der Waals surface area (Å²) in [7, 11) is -3.09. The Morgan fingerprint density at radius 3 is 2.27 bits per heavy atom. The molecule has 1 fully saturated rings. The molecule has 90 valence electrons. The zero-order valence-electron chi connectivity index (χ0n) is 9.65. The third kappa shape index (κ3) is 3.16. The van der Waals surface area contributed by atoms with Crippen molar-refractivity contribution in [3.63, 3.8) is 0 Å². The molecule has 1 saturated heterocycles. The number of rotatable bonds is 4. The van der Waals surface area contributed by atoms with E-state index in [2.05, 4.69) is 0 Å². The summed E-state index contributed by atoms with van der Waals surface area (Å²) >= 11 is 0. The highest BCUT2D eigenvalue weighted by atomic mass is 32.2. The van der Waals surface area contributed by atoms with Crippen molar-refractivity contribution in [3.05, 3.63) is 0 Å². The zero-order valence-corrected chi connectivity index (χ0v) is 10.5. The van der Waals surface area contributed by atoms with E-state index in [1.807, 2.05) is 13.8 Å². The quantitative estimate of drug-likeness (QED) is 0.787. The SMILES string of the molecule is C[C@@H]1CCC[C@H](C)N1S(=O)(=O)CCCN. The minimum Gasteiger partial charge on any atom is -0.330 e. The number of piperidine rings is 1. The fourth-order valence-electron chi connectivity index (χ4n) is 2.32. The van der Waals surface area contributed by atoms with E-state index in [1.165, 1.54) is 0 Å². The highest BCUT2D eigenvalue weighted by Crippen LogP contribution is 2.25. The molecule has 0 amide bonds. The second kappa shape index (κ2) is 5.27. The molecule has 0 aromatic heterocycles. The molecule has 0 saturated carbocycles. The molecule has 1 aliphatic rings. The van der Waals surface area contributed by atoms with Crippen molar-refractivity contribution in [2.24, 2.45) is 5.73 Å². The van der Waals surface area contributed by atoms with Crippen molar-refractivity contribution in [2.75, 3.05) is 12.3 Å². The second-order valence-corrected chi connectivity index (χ2v) is 6.41. The molecule has 1 heterocycles. The summed E-state index contributed by atoms with van der Waals surface area (Å²) in [4.78, 5) is 0. The van der Waals surface area contributed by atoms with Crippen LogP contribution in [-0.2, 0) is 10.0 Å². The molecule has 1 aliphatic heterocycles. The summed E-state index contributed by atoms with van der Waals surface area (Å²) in [6.07, 6.45) is 3.64. The van der Waals surface area contributed by atoms with Crippen LogP contribution in [0.5, 0.6) is 0 Å². The molecule has 2 N–H and O–H groups in total. The Kier molecular flexibility index (Phi) is 4.55. The molecule has 15 heavy (non-hydrogen) atoms. The normalized spacial score (nSPS) is 29.3. The van der Waals surface area contributed by atoms with E-state index in [9.17, 15) is 8.42 Å². The van der Waals surface area contributed by atoms with Crippen molar-refractivity contribution in [1.82, 2.24) is 4.31 Å². The van der Waals surface area contributed by atoms with Gasteiger partial charge in [0.05, 0.1) is 5.75 Å². The molecule has 1 rings (SSSR count). The summed E-state index contributed by atoms with van der Waals surface area (Å²) in [5.41, 5.74) is 5.35. The van der Waals surface area contributed by atoms with E-state index in [-0.39, 0.29) is 17.8 Å². The summed E-state index contributed by atoms with van der Waals surface area (Å²) in [6, 6.07) is 0.299. The van der Waals surface area contributed by atoms with Crippen LogP contribution in [-0.4, -0.2) is 37.1 Å². The molecule has 0 radical (unpaired) electrons. The largest absolute Gasteiger partial charge is 0.330 e. The van der Waals surface area contributed by atoms with Crippen LogP contribution < -0.4 is 5.73 Å². The Labute approximate surface area is 92.9 Å². The van der Waals surface area contributed by atoms with Crippen molar-refractivity contribution < 1.29 is 8.42 Å². The standard InChI is InChI=1S/C10H22N2O2S/c1-9-5-3-6-10(2)12(9)15(13,14)8-4-7-11/h9-10H,3-8,11H2,1-2H3/t9-,10+. The highest BCUT2D eigenvalue weighted by molar-refractivity contribution is 7.89. The van der Waals surface area contributed by atoms with Gasteiger partial charge in [0.2, 0.25) is 10.0 Å². The summed E-state index contributed by atoms with van der Waals surface area (Å²) < 4.78 is 25.8. The molecule has 2 atom stereocenters. The number of sulfonamides is 1. The first-order valence-corrected chi connectivity index (χ1v) is 7.31. The van der Waals surface area contributed by atoms with Crippen LogP contribution in [0.15, 0.2) is 0 Å². The van der Waals surface area contributed by atoms with Crippen molar-refractivity contribution >= 4 is 10.0 Å². The number of nitrogens with zero attached hydrogens (tertiary/aromatic N) is 1. The molecular formula is C10H22N2O2S. The summed E-state index contributed by atoms with van der Waals surface area (Å²) in [5.74, 6) is 0.193. The van der Waals surface area contributed by atoms with Crippen LogP contribution in [0.4, 0.5) is 0 Å². The third-order valence-electron chi connectivity index (χ3n) is 3.04. The van der Waals surface area contributed by atoms with E-state index in [0.717, 1.165) is 19.3 Å². The molecule has 0 unspecified atom stereocenters. The van der Waals surface area contributed by atoms with Crippen LogP contribution in [0.2, 0.25) is 0 Å². The number of hydrogen-bond donors (Lipinski definition) is 1. The molecule has 0 aromatic carbocycles. The maximum Gasteiger partial charge on any atom is 0.214 e. The van der Waals surface area contributed by atoms with Gasteiger partial charge >= 0.3 is 0 Å². The van der Waals surface area contributed by atoms with Crippen LogP contribution in [0, 0.1) is 0 Å². The Morgan fingerprint density at radius 1 is 1.27 bits per heavy atom. The highest BCUT2D eigenvalue weighted by Gasteiger charge is 2.33. The smallest absolute Gasteiger partial charge is 0.214 e. The lowest BCUT2D eigenvalue weighted by Crippen LogP contribution is -2.48. The van der Waals surface area contributed by atoms with Gasteiger partial charge in [-0.3, -0.25) is 0 Å². The first-order valence-electron chi connectivity index (χ1n) is 5.70. The Hall–Kier alpha value is -0.130. The van der Waals surface area contributed by atoms with Crippen molar-refractivity contribution in [3.8, 4) is 0 Å². The van der Waals surface area contributed by atoms with Gasteiger partial charge < -0.3 is 5.73 Å². The first kappa shape index (κ1) is 12.9. The van der Waals surface area contributed by atoms with Gasteiger partial charge in [-0.2, -0.15) is 4.31 Å². The fourth-order valence-corrected chi connectivity index (χ4v) is 4.37. The topological polar surface area (TPSA) is 63.4 Å². The van der Waals surface area contributed by atoms with E-state index < -0.39 is 10.0 Å². The van der Waals surface area contributed by atoms with E-state index in [0.29, 0.717) is 13.0 Å². The lowest BCUT2D eigenvalue weighted by molar-refractivity contribution is 0.204. The molecule has 4 nitrogen and oxygen atoms in total.